The third kappa shape index (κ3) is 3.00. The second-order valence-corrected chi connectivity index (χ2v) is 5.68. The van der Waals surface area contributed by atoms with E-state index in [2.05, 4.69) is 0 Å². The van der Waals surface area contributed by atoms with Gasteiger partial charge in [0.15, 0.2) is 11.6 Å². The molecule has 1 rings (SSSR count). The normalized spacial score (nSPS) is 11.4. The van der Waals surface area contributed by atoms with Crippen molar-refractivity contribution in [3.8, 4) is 0 Å². The number of hydrogen-bond donors (Lipinski definition) is 1. The van der Waals surface area contributed by atoms with Crippen LogP contribution < -0.4 is 10.6 Å². The van der Waals surface area contributed by atoms with Gasteiger partial charge in [-0.05, 0) is 34.6 Å². The fraction of sp³-hybridized carbons (Fsp3) is 0.500. The Morgan fingerprint density at radius 1 is 1.15 bits per heavy atom. The van der Waals surface area contributed by atoms with Gasteiger partial charge < -0.3 is 10.5 Å². The number of nitrogens with zero attached hydrogens (tertiary/aromatic N) is 1. The first-order chi connectivity index (χ1) is 8.97. The molecule has 1 aromatic rings. The molecule has 0 saturated heterocycles. The highest BCUT2D eigenvalue weighted by Gasteiger charge is 2.28. The number of halogens is 2. The average Bonchev–Trinajstić information content (AvgIpc) is 2.32. The van der Waals surface area contributed by atoms with Crippen LogP contribution >= 0.6 is 0 Å². The van der Waals surface area contributed by atoms with Gasteiger partial charge in [-0.25, -0.2) is 13.6 Å². The van der Waals surface area contributed by atoms with Gasteiger partial charge in [0.25, 0.3) is 0 Å². The van der Waals surface area contributed by atoms with Gasteiger partial charge in [-0.3, -0.25) is 4.90 Å². The van der Waals surface area contributed by atoms with E-state index < -0.39 is 29.0 Å². The van der Waals surface area contributed by atoms with Crippen molar-refractivity contribution in [2.75, 3.05) is 17.7 Å². The molecule has 0 heterocycles. The van der Waals surface area contributed by atoms with Crippen LogP contribution in [0.1, 0.15) is 31.9 Å². The fourth-order valence-electron chi connectivity index (χ4n) is 1.69. The third-order valence-electron chi connectivity index (χ3n) is 2.89. The summed E-state index contributed by atoms with van der Waals surface area (Å²) in [7, 11) is 1.25. The summed E-state index contributed by atoms with van der Waals surface area (Å²) in [6.45, 7) is 7.88. The lowest BCUT2D eigenvalue weighted by Gasteiger charge is -2.26. The Kier molecular flexibility index (Phi) is 4.27. The number of amides is 1. The maximum absolute atomic E-state index is 14.2. The van der Waals surface area contributed by atoms with E-state index in [-0.39, 0.29) is 16.8 Å². The van der Waals surface area contributed by atoms with Crippen LogP contribution in [0.4, 0.5) is 25.0 Å². The molecule has 0 unspecified atom stereocenters. The van der Waals surface area contributed by atoms with Gasteiger partial charge in [-0.1, -0.05) is 0 Å². The summed E-state index contributed by atoms with van der Waals surface area (Å²) in [5, 5.41) is 0. The van der Waals surface area contributed by atoms with Crippen molar-refractivity contribution < 1.29 is 18.3 Å². The van der Waals surface area contributed by atoms with Crippen LogP contribution in [0.25, 0.3) is 0 Å². The minimum atomic E-state index is -0.862. The zero-order valence-corrected chi connectivity index (χ0v) is 12.6. The molecule has 0 bridgehead atoms. The van der Waals surface area contributed by atoms with E-state index in [9.17, 15) is 13.6 Å². The van der Waals surface area contributed by atoms with Crippen LogP contribution in [-0.4, -0.2) is 18.7 Å². The van der Waals surface area contributed by atoms with Crippen LogP contribution in [0.15, 0.2) is 0 Å². The Balaban J connectivity index is 3.30. The number of nitrogens with two attached hydrogens (primary N) is 1. The number of carbonyl (C=O) groups excluding carboxylic acids is 1. The molecular formula is C14H20F2N2O2. The zero-order valence-electron chi connectivity index (χ0n) is 12.6. The molecule has 0 atom stereocenters. The predicted molar refractivity (Wildman–Crippen MR) is 74.9 cm³/mol. The zero-order chi connectivity index (χ0) is 15.8. The lowest BCUT2D eigenvalue weighted by Crippen LogP contribution is -2.35. The molecule has 0 aliphatic rings. The highest BCUT2D eigenvalue weighted by atomic mass is 19.1. The quantitative estimate of drug-likeness (QED) is 0.803. The summed E-state index contributed by atoms with van der Waals surface area (Å²) >= 11 is 0. The van der Waals surface area contributed by atoms with Crippen molar-refractivity contribution in [2.45, 2.75) is 40.2 Å². The molecule has 1 aromatic carbocycles. The molecule has 0 spiro atoms. The number of anilines is 2. The molecule has 0 saturated carbocycles. The van der Waals surface area contributed by atoms with Gasteiger partial charge in [0, 0.05) is 23.9 Å². The monoisotopic (exact) mass is 286 g/mol. The second kappa shape index (κ2) is 5.26. The summed E-state index contributed by atoms with van der Waals surface area (Å²) in [5.41, 5.74) is 4.66. The summed E-state index contributed by atoms with van der Waals surface area (Å²) in [6.07, 6.45) is -0.834. The summed E-state index contributed by atoms with van der Waals surface area (Å²) in [5.74, 6) is -1.72. The Bertz CT molecular complexity index is 522. The van der Waals surface area contributed by atoms with Gasteiger partial charge in [0.2, 0.25) is 0 Å². The van der Waals surface area contributed by atoms with Crippen molar-refractivity contribution >= 4 is 17.5 Å². The number of rotatable bonds is 1. The topological polar surface area (TPSA) is 55.6 Å². The number of nitrogen functional groups attached to an aromatic ring is 1. The minimum absolute atomic E-state index is 0.0429. The first kappa shape index (κ1) is 16.2. The molecule has 0 aliphatic heterocycles. The van der Waals surface area contributed by atoms with Crippen LogP contribution in [0.5, 0.6) is 0 Å². The van der Waals surface area contributed by atoms with E-state index in [4.69, 9.17) is 10.5 Å². The molecule has 0 fully saturated rings. The number of carbonyl (C=O) groups is 1. The van der Waals surface area contributed by atoms with E-state index in [1.165, 1.54) is 20.9 Å². The summed E-state index contributed by atoms with van der Waals surface area (Å²) in [6, 6.07) is 0. The predicted octanol–water partition coefficient (Wildman–Crippen LogP) is 3.54. The number of benzene rings is 1. The van der Waals surface area contributed by atoms with Gasteiger partial charge >= 0.3 is 6.09 Å². The van der Waals surface area contributed by atoms with Crippen molar-refractivity contribution in [3.63, 3.8) is 0 Å². The molecule has 1 amide bonds. The van der Waals surface area contributed by atoms with E-state index in [1.807, 2.05) is 0 Å². The first-order valence-electron chi connectivity index (χ1n) is 6.17. The van der Waals surface area contributed by atoms with Crippen molar-refractivity contribution in [3.05, 3.63) is 22.8 Å². The van der Waals surface area contributed by atoms with E-state index in [0.29, 0.717) is 0 Å². The molecule has 4 nitrogen and oxygen atoms in total. The van der Waals surface area contributed by atoms with Crippen LogP contribution in [-0.2, 0) is 4.74 Å². The number of ether oxygens (including phenoxy) is 1. The van der Waals surface area contributed by atoms with Gasteiger partial charge in [0.1, 0.15) is 11.3 Å². The third-order valence-corrected chi connectivity index (χ3v) is 2.89. The van der Waals surface area contributed by atoms with Crippen LogP contribution in [0.3, 0.4) is 0 Å². The average molecular weight is 286 g/mol. The Hall–Kier alpha value is -1.85. The maximum Gasteiger partial charge on any atom is 0.414 e. The summed E-state index contributed by atoms with van der Waals surface area (Å²) in [4.78, 5) is 12.7. The molecule has 0 aromatic heterocycles. The largest absolute Gasteiger partial charge is 0.443 e. The summed E-state index contributed by atoms with van der Waals surface area (Å²) < 4.78 is 33.5. The molecule has 112 valence electrons. The fourth-order valence-corrected chi connectivity index (χ4v) is 1.69. The molecule has 6 heteroatoms. The van der Waals surface area contributed by atoms with Crippen molar-refractivity contribution in [2.24, 2.45) is 0 Å². The minimum Gasteiger partial charge on any atom is -0.443 e. The van der Waals surface area contributed by atoms with Gasteiger partial charge in [0.05, 0.1) is 0 Å². The lowest BCUT2D eigenvalue weighted by molar-refractivity contribution is 0.0587. The number of hydrogen-bond acceptors (Lipinski definition) is 3. The first-order valence-corrected chi connectivity index (χ1v) is 6.17. The Morgan fingerprint density at radius 3 is 1.90 bits per heavy atom. The van der Waals surface area contributed by atoms with Gasteiger partial charge in [-0.2, -0.15) is 0 Å². The standard InChI is InChI=1S/C14H20F2N2O2/c1-7-9(15)12(10(16)8(2)11(7)17)18(6)13(19)20-14(3,4)5/h17H2,1-6H3. The molecule has 20 heavy (non-hydrogen) atoms. The Labute approximate surface area is 117 Å². The molecule has 2 N–H and O–H groups in total. The highest BCUT2D eigenvalue weighted by molar-refractivity contribution is 5.88. The molecular weight excluding hydrogens is 266 g/mol. The highest BCUT2D eigenvalue weighted by Crippen LogP contribution is 2.33. The second-order valence-electron chi connectivity index (χ2n) is 5.68. The van der Waals surface area contributed by atoms with E-state index in [0.717, 1.165) is 4.90 Å². The molecule has 0 radical (unpaired) electrons. The van der Waals surface area contributed by atoms with E-state index in [1.54, 1.807) is 20.8 Å². The van der Waals surface area contributed by atoms with Crippen molar-refractivity contribution in [1.82, 2.24) is 0 Å². The Morgan fingerprint density at radius 2 is 1.55 bits per heavy atom. The van der Waals surface area contributed by atoms with Crippen molar-refractivity contribution in [1.29, 1.82) is 0 Å². The van der Waals surface area contributed by atoms with E-state index >= 15 is 0 Å². The smallest absolute Gasteiger partial charge is 0.414 e. The van der Waals surface area contributed by atoms with Gasteiger partial charge in [-0.15, -0.1) is 0 Å². The molecule has 0 aliphatic carbocycles. The van der Waals surface area contributed by atoms with Crippen LogP contribution in [0.2, 0.25) is 0 Å². The van der Waals surface area contributed by atoms with Crippen LogP contribution in [0, 0.1) is 25.5 Å². The SMILES string of the molecule is Cc1c(N)c(C)c(F)c(N(C)C(=O)OC(C)(C)C)c1F. The lowest BCUT2D eigenvalue weighted by atomic mass is 10.1. The maximum atomic E-state index is 14.2.